The van der Waals surface area contributed by atoms with E-state index in [0.29, 0.717) is 5.75 Å². The van der Waals surface area contributed by atoms with Crippen LogP contribution in [-0.4, -0.2) is 21.4 Å². The van der Waals surface area contributed by atoms with Crippen molar-refractivity contribution in [2.45, 2.75) is 31.0 Å². The zero-order valence-electron chi connectivity index (χ0n) is 9.29. The van der Waals surface area contributed by atoms with E-state index in [4.69, 9.17) is 0 Å². The predicted molar refractivity (Wildman–Crippen MR) is 65.5 cm³/mol. The van der Waals surface area contributed by atoms with Gasteiger partial charge >= 0.3 is 0 Å². The van der Waals surface area contributed by atoms with Crippen LogP contribution >= 0.6 is 11.8 Å². The van der Waals surface area contributed by atoms with Crippen LogP contribution in [0.2, 0.25) is 0 Å². The summed E-state index contributed by atoms with van der Waals surface area (Å²) in [7, 11) is 0. The molecule has 0 aliphatic rings. The molecular formula is C11H15NO3S. The maximum atomic E-state index is 10.6. The van der Waals surface area contributed by atoms with E-state index in [9.17, 15) is 15.2 Å². The van der Waals surface area contributed by atoms with Gasteiger partial charge in [0.1, 0.15) is 0 Å². The number of aliphatic hydroxyl groups is 1. The Morgan fingerprint density at radius 2 is 2.19 bits per heavy atom. The zero-order chi connectivity index (χ0) is 12.1. The van der Waals surface area contributed by atoms with Gasteiger partial charge < -0.3 is 5.11 Å². The molecule has 2 atom stereocenters. The Kier molecular flexibility index (Phi) is 4.76. The summed E-state index contributed by atoms with van der Waals surface area (Å²) in [6.07, 6.45) is -0.372. The Hall–Kier alpha value is -1.07. The van der Waals surface area contributed by atoms with Crippen LogP contribution in [0.3, 0.4) is 0 Å². The highest BCUT2D eigenvalue weighted by Crippen LogP contribution is 2.22. The number of nitro groups is 1. The van der Waals surface area contributed by atoms with Crippen LogP contribution in [0.5, 0.6) is 0 Å². The van der Waals surface area contributed by atoms with Crippen LogP contribution in [0.1, 0.15) is 19.4 Å². The summed E-state index contributed by atoms with van der Waals surface area (Å²) in [4.78, 5) is 10.2. The van der Waals surface area contributed by atoms with Gasteiger partial charge in [-0.15, -0.1) is 0 Å². The molecule has 1 aromatic rings. The van der Waals surface area contributed by atoms with Gasteiger partial charge in [0.2, 0.25) is 0 Å². The molecule has 0 radical (unpaired) electrons. The number of benzene rings is 1. The number of non-ortho nitro benzene ring substituents is 1. The lowest BCUT2D eigenvalue weighted by Crippen LogP contribution is -2.15. The standard InChI is InChI=1S/C11H15NO3S/c1-8(13)9(2)16-7-10-4-3-5-11(6-10)12(14)15/h3-6,8-9,13H,7H2,1-2H3. The molecule has 2 unspecified atom stereocenters. The third kappa shape index (κ3) is 3.83. The quantitative estimate of drug-likeness (QED) is 0.635. The number of nitrogens with zero attached hydrogens (tertiary/aromatic N) is 1. The van der Waals surface area contributed by atoms with E-state index in [1.807, 2.05) is 13.0 Å². The van der Waals surface area contributed by atoms with Crippen molar-refractivity contribution in [3.05, 3.63) is 39.9 Å². The van der Waals surface area contributed by atoms with Gasteiger partial charge in [0.05, 0.1) is 11.0 Å². The van der Waals surface area contributed by atoms with E-state index in [1.165, 1.54) is 6.07 Å². The molecule has 0 aliphatic carbocycles. The molecule has 0 bridgehead atoms. The Morgan fingerprint density at radius 3 is 2.75 bits per heavy atom. The minimum absolute atomic E-state index is 0.114. The average Bonchev–Trinajstić information content (AvgIpc) is 2.26. The third-order valence-electron chi connectivity index (χ3n) is 2.31. The molecule has 1 rings (SSSR count). The second-order valence-electron chi connectivity index (χ2n) is 3.68. The Morgan fingerprint density at radius 1 is 1.50 bits per heavy atom. The first kappa shape index (κ1) is 13.0. The third-order valence-corrected chi connectivity index (χ3v) is 3.73. The molecule has 0 aromatic heterocycles. The number of rotatable bonds is 5. The average molecular weight is 241 g/mol. The topological polar surface area (TPSA) is 63.4 Å². The van der Waals surface area contributed by atoms with Crippen molar-refractivity contribution in [2.75, 3.05) is 0 Å². The van der Waals surface area contributed by atoms with E-state index in [-0.39, 0.29) is 17.0 Å². The molecule has 0 saturated heterocycles. The molecule has 5 heteroatoms. The van der Waals surface area contributed by atoms with Crippen molar-refractivity contribution < 1.29 is 10.0 Å². The first-order valence-corrected chi connectivity index (χ1v) is 6.08. The van der Waals surface area contributed by atoms with E-state index < -0.39 is 4.92 Å². The summed E-state index contributed by atoms with van der Waals surface area (Å²) in [6, 6.07) is 6.59. The van der Waals surface area contributed by atoms with Gasteiger partial charge in [0, 0.05) is 23.1 Å². The molecule has 16 heavy (non-hydrogen) atoms. The first-order valence-electron chi connectivity index (χ1n) is 5.03. The van der Waals surface area contributed by atoms with Crippen molar-refractivity contribution in [3.63, 3.8) is 0 Å². The molecule has 4 nitrogen and oxygen atoms in total. The van der Waals surface area contributed by atoms with Gasteiger partial charge in [0.15, 0.2) is 0 Å². The van der Waals surface area contributed by atoms with Crippen molar-refractivity contribution in [3.8, 4) is 0 Å². The largest absolute Gasteiger partial charge is 0.392 e. The fourth-order valence-corrected chi connectivity index (χ4v) is 2.04. The van der Waals surface area contributed by atoms with Crippen LogP contribution in [0.15, 0.2) is 24.3 Å². The van der Waals surface area contributed by atoms with Crippen LogP contribution in [0.4, 0.5) is 5.69 Å². The highest BCUT2D eigenvalue weighted by Gasteiger charge is 2.10. The predicted octanol–water partition coefficient (Wildman–Crippen LogP) is 2.60. The Balaban J connectivity index is 2.61. The maximum absolute atomic E-state index is 10.6. The molecular weight excluding hydrogens is 226 g/mol. The van der Waals surface area contributed by atoms with Crippen LogP contribution in [0, 0.1) is 10.1 Å². The number of aliphatic hydroxyl groups excluding tert-OH is 1. The molecule has 0 amide bonds. The monoisotopic (exact) mass is 241 g/mol. The molecule has 1 aromatic carbocycles. The second kappa shape index (κ2) is 5.86. The minimum atomic E-state index is -0.397. The Labute approximate surface area is 98.8 Å². The summed E-state index contributed by atoms with van der Waals surface area (Å²) < 4.78 is 0. The van der Waals surface area contributed by atoms with Gasteiger partial charge in [0.25, 0.3) is 5.69 Å². The summed E-state index contributed by atoms with van der Waals surface area (Å²) in [5, 5.41) is 20.0. The Bertz CT molecular complexity index is 368. The van der Waals surface area contributed by atoms with Crippen molar-refractivity contribution in [2.24, 2.45) is 0 Å². The van der Waals surface area contributed by atoms with E-state index in [1.54, 1.807) is 30.8 Å². The number of nitro benzene ring substituents is 1. The molecule has 0 heterocycles. The van der Waals surface area contributed by atoms with Gasteiger partial charge in [-0.25, -0.2) is 0 Å². The lowest BCUT2D eigenvalue weighted by molar-refractivity contribution is -0.384. The van der Waals surface area contributed by atoms with Gasteiger partial charge in [-0.3, -0.25) is 10.1 Å². The maximum Gasteiger partial charge on any atom is 0.269 e. The summed E-state index contributed by atoms with van der Waals surface area (Å²) in [6.45, 7) is 3.68. The van der Waals surface area contributed by atoms with Crippen LogP contribution < -0.4 is 0 Å². The van der Waals surface area contributed by atoms with E-state index >= 15 is 0 Å². The van der Waals surface area contributed by atoms with Crippen LogP contribution in [-0.2, 0) is 5.75 Å². The zero-order valence-corrected chi connectivity index (χ0v) is 10.1. The van der Waals surface area contributed by atoms with Crippen molar-refractivity contribution in [1.29, 1.82) is 0 Å². The first-order chi connectivity index (χ1) is 7.50. The molecule has 1 N–H and O–H groups in total. The number of hydrogen-bond donors (Lipinski definition) is 1. The fourth-order valence-electron chi connectivity index (χ4n) is 1.13. The molecule has 0 spiro atoms. The van der Waals surface area contributed by atoms with Gasteiger partial charge in [-0.1, -0.05) is 19.1 Å². The summed E-state index contributed by atoms with van der Waals surface area (Å²) in [5.41, 5.74) is 1.02. The summed E-state index contributed by atoms with van der Waals surface area (Å²) >= 11 is 1.59. The molecule has 0 saturated carbocycles. The molecule has 0 aliphatic heterocycles. The normalized spacial score (nSPS) is 14.4. The van der Waals surface area contributed by atoms with Crippen LogP contribution in [0.25, 0.3) is 0 Å². The van der Waals surface area contributed by atoms with Crippen molar-refractivity contribution >= 4 is 17.4 Å². The highest BCUT2D eigenvalue weighted by molar-refractivity contribution is 7.99. The van der Waals surface area contributed by atoms with Crippen molar-refractivity contribution in [1.82, 2.24) is 0 Å². The summed E-state index contributed by atoms with van der Waals surface area (Å²) in [5.74, 6) is 0.674. The van der Waals surface area contributed by atoms with E-state index in [0.717, 1.165) is 5.56 Å². The smallest absolute Gasteiger partial charge is 0.269 e. The number of thioether (sulfide) groups is 1. The van der Waals surface area contributed by atoms with E-state index in [2.05, 4.69) is 0 Å². The minimum Gasteiger partial charge on any atom is -0.392 e. The molecule has 88 valence electrons. The second-order valence-corrected chi connectivity index (χ2v) is 5.05. The lowest BCUT2D eigenvalue weighted by Gasteiger charge is -2.13. The molecule has 0 fully saturated rings. The number of hydrogen-bond acceptors (Lipinski definition) is 4. The lowest BCUT2D eigenvalue weighted by atomic mass is 10.2. The van der Waals surface area contributed by atoms with Gasteiger partial charge in [-0.2, -0.15) is 11.8 Å². The highest BCUT2D eigenvalue weighted by atomic mass is 32.2. The SMILES string of the molecule is CC(O)C(C)SCc1cccc([N+](=O)[O-])c1. The fraction of sp³-hybridized carbons (Fsp3) is 0.455. The van der Waals surface area contributed by atoms with Gasteiger partial charge in [-0.05, 0) is 12.5 Å².